The molecule has 1 aromatic rings. The van der Waals surface area contributed by atoms with Crippen molar-refractivity contribution in [3.8, 4) is 6.08 Å². The Morgan fingerprint density at radius 2 is 2.67 bits per heavy atom. The third-order valence-electron chi connectivity index (χ3n) is 0.549. The van der Waals surface area contributed by atoms with E-state index >= 15 is 0 Å². The van der Waals surface area contributed by atoms with Gasteiger partial charge in [0.05, 0.1) is 6.20 Å². The first-order valence-electron chi connectivity index (χ1n) is 1.96. The van der Waals surface area contributed by atoms with Crippen LogP contribution < -0.4 is 4.18 Å². The normalized spacial score (nSPS) is 13.0. The maximum absolute atomic E-state index is 9.74. The summed E-state index contributed by atoms with van der Waals surface area (Å²) in [6.45, 7) is 0. The Morgan fingerprint density at radius 3 is 3.11 bits per heavy atom. The highest BCUT2D eigenvalue weighted by atomic mass is 32.2. The zero-order valence-corrected chi connectivity index (χ0v) is 4.96. The van der Waals surface area contributed by atoms with Gasteiger partial charge in [-0.2, -0.15) is 4.98 Å². The van der Waals surface area contributed by atoms with Crippen molar-refractivity contribution in [3.05, 3.63) is 12.5 Å². The quantitative estimate of drug-likeness (QED) is 0.545. The Morgan fingerprint density at radius 1 is 1.89 bits per heavy atom. The lowest BCUT2D eigenvalue weighted by Gasteiger charge is -1.99. The highest BCUT2D eigenvalue weighted by molar-refractivity contribution is 7.74. The molecule has 0 N–H and O–H groups in total. The second kappa shape index (κ2) is 2.60. The molecule has 1 rings (SSSR count). The molecule has 5 nitrogen and oxygen atoms in total. The van der Waals surface area contributed by atoms with Crippen molar-refractivity contribution in [1.82, 2.24) is 4.98 Å². The molecule has 0 fully saturated rings. The van der Waals surface area contributed by atoms with E-state index in [0.29, 0.717) is 0 Å². The summed E-state index contributed by atoms with van der Waals surface area (Å²) in [4.78, 5) is 3.37. The highest BCUT2D eigenvalue weighted by Gasteiger charge is 1.94. The molecule has 1 unspecified atom stereocenters. The van der Waals surface area contributed by atoms with Gasteiger partial charge in [-0.25, -0.2) is 4.21 Å². The van der Waals surface area contributed by atoms with Crippen LogP contribution >= 0.6 is 0 Å². The van der Waals surface area contributed by atoms with Gasteiger partial charge in [0, 0.05) is 0 Å². The van der Waals surface area contributed by atoms with Crippen LogP contribution in [0.2, 0.25) is 0 Å². The van der Waals surface area contributed by atoms with E-state index in [0.717, 1.165) is 0 Å². The first-order chi connectivity index (χ1) is 4.29. The Labute approximate surface area is 53.1 Å². The van der Waals surface area contributed by atoms with Crippen LogP contribution in [0.3, 0.4) is 0 Å². The van der Waals surface area contributed by atoms with Crippen molar-refractivity contribution in [2.24, 2.45) is 0 Å². The molecule has 0 bridgehead atoms. The lowest BCUT2D eigenvalue weighted by molar-refractivity contribution is 0.352. The van der Waals surface area contributed by atoms with Gasteiger partial charge in [-0.05, 0) is 0 Å². The fourth-order valence-corrected chi connectivity index (χ4v) is 0.508. The molecule has 50 valence electrons. The number of nitrogens with zero attached hydrogens (tertiary/aromatic N) is 1. The molecule has 0 saturated carbocycles. The predicted octanol–water partition coefficient (Wildman–Crippen LogP) is -0.152. The molecule has 0 saturated heterocycles. The van der Waals surface area contributed by atoms with Crippen molar-refractivity contribution in [3.63, 3.8) is 0 Å². The summed E-state index contributed by atoms with van der Waals surface area (Å²) >= 11 is -2.60. The number of hydrogen-bond acceptors (Lipinski definition) is 5. The van der Waals surface area contributed by atoms with Gasteiger partial charge in [0.25, 0.3) is 0 Å². The summed E-state index contributed by atoms with van der Waals surface area (Å²) in [5.74, 6) is 0. The van der Waals surface area contributed by atoms with E-state index < -0.39 is 11.4 Å². The topological polar surface area (TPSA) is 75.4 Å². The maximum Gasteiger partial charge on any atom is 0.407 e. The molecular formula is C3H2NO4S-. The summed E-state index contributed by atoms with van der Waals surface area (Å²) in [5, 5.41) is 0. The van der Waals surface area contributed by atoms with Crippen LogP contribution in [0, 0.1) is 0 Å². The lowest BCUT2D eigenvalue weighted by Crippen LogP contribution is -1.97. The Balaban J connectivity index is 2.58. The monoisotopic (exact) mass is 148 g/mol. The summed E-state index contributed by atoms with van der Waals surface area (Å²) in [7, 11) is 0. The standard InChI is InChI=1S/C3H3NO4S/c5-9(6)8-3-4-1-2-7-3/h1-2H,(H,5,6)/p-1. The van der Waals surface area contributed by atoms with Crippen LogP contribution in [-0.4, -0.2) is 13.7 Å². The van der Waals surface area contributed by atoms with E-state index in [9.17, 15) is 8.76 Å². The van der Waals surface area contributed by atoms with Gasteiger partial charge < -0.3 is 13.2 Å². The smallest absolute Gasteiger partial charge is 0.407 e. The van der Waals surface area contributed by atoms with Crippen LogP contribution in [-0.2, 0) is 11.4 Å². The van der Waals surface area contributed by atoms with Gasteiger partial charge in [-0.15, -0.1) is 0 Å². The molecule has 0 aliphatic rings. The fourth-order valence-electron chi connectivity index (χ4n) is 0.310. The third-order valence-corrected chi connectivity index (χ3v) is 0.828. The second-order valence-electron chi connectivity index (χ2n) is 1.09. The average Bonchev–Trinajstić information content (AvgIpc) is 2.15. The van der Waals surface area contributed by atoms with Crippen LogP contribution in [0.25, 0.3) is 0 Å². The van der Waals surface area contributed by atoms with Crippen molar-refractivity contribution in [1.29, 1.82) is 0 Å². The summed E-state index contributed by atoms with van der Waals surface area (Å²) in [6.07, 6.45) is 2.22. The Hall–Kier alpha value is -0.880. The lowest BCUT2D eigenvalue weighted by atomic mass is 11.0. The zero-order chi connectivity index (χ0) is 6.69. The minimum atomic E-state index is -2.60. The van der Waals surface area contributed by atoms with E-state index in [1.54, 1.807) is 0 Å². The molecule has 0 aromatic carbocycles. The predicted molar refractivity (Wildman–Crippen MR) is 26.1 cm³/mol. The molecule has 9 heavy (non-hydrogen) atoms. The number of hydrogen-bond donors (Lipinski definition) is 0. The zero-order valence-electron chi connectivity index (χ0n) is 4.14. The van der Waals surface area contributed by atoms with Crippen molar-refractivity contribution in [2.45, 2.75) is 0 Å². The SMILES string of the molecule is O=S([O-])Oc1ncco1. The minimum absolute atomic E-state index is 0.275. The molecular weight excluding hydrogens is 146 g/mol. The van der Waals surface area contributed by atoms with Gasteiger partial charge >= 0.3 is 6.08 Å². The van der Waals surface area contributed by atoms with E-state index in [-0.39, 0.29) is 6.08 Å². The van der Waals surface area contributed by atoms with Crippen molar-refractivity contribution >= 4 is 11.4 Å². The van der Waals surface area contributed by atoms with Gasteiger partial charge in [0.2, 0.25) is 0 Å². The van der Waals surface area contributed by atoms with E-state index in [1.807, 2.05) is 0 Å². The molecule has 0 radical (unpaired) electrons. The molecule has 0 spiro atoms. The molecule has 1 atom stereocenters. The summed E-state index contributed by atoms with van der Waals surface area (Å²) in [5.41, 5.74) is 0. The maximum atomic E-state index is 9.74. The highest BCUT2D eigenvalue weighted by Crippen LogP contribution is 2.04. The van der Waals surface area contributed by atoms with E-state index in [1.165, 1.54) is 12.5 Å². The Kier molecular flexibility index (Phi) is 1.81. The largest absolute Gasteiger partial charge is 0.740 e. The molecule has 0 aliphatic carbocycles. The summed E-state index contributed by atoms with van der Waals surface area (Å²) < 4.78 is 27.9. The van der Waals surface area contributed by atoms with Crippen molar-refractivity contribution in [2.75, 3.05) is 0 Å². The first kappa shape index (κ1) is 6.24. The van der Waals surface area contributed by atoms with Gasteiger partial charge in [-0.1, -0.05) is 0 Å². The molecule has 0 amide bonds. The van der Waals surface area contributed by atoms with Crippen LogP contribution in [0.1, 0.15) is 0 Å². The number of rotatable bonds is 2. The minimum Gasteiger partial charge on any atom is -0.740 e. The van der Waals surface area contributed by atoms with Gasteiger partial charge in [0.1, 0.15) is 17.6 Å². The summed E-state index contributed by atoms with van der Waals surface area (Å²) in [6, 6.07) is 0. The molecule has 6 heteroatoms. The van der Waals surface area contributed by atoms with Crippen LogP contribution in [0.5, 0.6) is 6.08 Å². The molecule has 1 aromatic heterocycles. The molecule has 0 aliphatic heterocycles. The second-order valence-corrected chi connectivity index (χ2v) is 1.66. The Bertz CT molecular complexity index is 196. The third kappa shape index (κ3) is 1.82. The van der Waals surface area contributed by atoms with Crippen LogP contribution in [0.4, 0.5) is 0 Å². The van der Waals surface area contributed by atoms with E-state index in [2.05, 4.69) is 13.6 Å². The number of oxazole rings is 1. The first-order valence-corrected chi connectivity index (χ1v) is 2.96. The van der Waals surface area contributed by atoms with Crippen molar-refractivity contribution < 1.29 is 17.4 Å². The molecule has 1 heterocycles. The van der Waals surface area contributed by atoms with Gasteiger partial charge in [-0.3, -0.25) is 0 Å². The van der Waals surface area contributed by atoms with Gasteiger partial charge in [0.15, 0.2) is 0 Å². The average molecular weight is 148 g/mol. The van der Waals surface area contributed by atoms with E-state index in [4.69, 9.17) is 0 Å². The number of aromatic nitrogens is 1. The fraction of sp³-hybridized carbons (Fsp3) is 0. The van der Waals surface area contributed by atoms with Crippen LogP contribution in [0.15, 0.2) is 16.9 Å².